The predicted molar refractivity (Wildman–Crippen MR) is 62.2 cm³/mol. The average Bonchev–Trinajstić information content (AvgIpc) is 2.24. The fourth-order valence-corrected chi connectivity index (χ4v) is 1.22. The average molecular weight is 230 g/mol. The highest BCUT2D eigenvalue weighted by molar-refractivity contribution is 5.88. The highest BCUT2D eigenvalue weighted by Crippen LogP contribution is 2.03. The van der Waals surface area contributed by atoms with Gasteiger partial charge in [-0.2, -0.15) is 0 Å². The summed E-state index contributed by atoms with van der Waals surface area (Å²) in [7, 11) is 0. The van der Waals surface area contributed by atoms with Crippen LogP contribution in [0.2, 0.25) is 0 Å². The standard InChI is InChI=1S/C11H22N2O3/c1-7(13-6-5-12)11(15)10(4)16-9(3)8(2)14/h7,9-10,13H,5-6,12H2,1-4H3/t7?,9?,10-/m1/s1. The Kier molecular flexibility index (Phi) is 7.12. The number of rotatable bonds is 8. The lowest BCUT2D eigenvalue weighted by atomic mass is 10.1. The van der Waals surface area contributed by atoms with Crippen molar-refractivity contribution in [2.75, 3.05) is 13.1 Å². The Balaban J connectivity index is 4.11. The van der Waals surface area contributed by atoms with Crippen LogP contribution in [0, 0.1) is 0 Å². The Hall–Kier alpha value is -0.780. The van der Waals surface area contributed by atoms with Crippen LogP contribution in [0.3, 0.4) is 0 Å². The van der Waals surface area contributed by atoms with Gasteiger partial charge in [-0.25, -0.2) is 0 Å². The van der Waals surface area contributed by atoms with Crippen molar-refractivity contribution in [1.82, 2.24) is 5.32 Å². The second kappa shape index (κ2) is 7.49. The SMILES string of the molecule is CC(=O)C(C)O[C@H](C)C(=O)C(C)NCCN. The van der Waals surface area contributed by atoms with Gasteiger partial charge in [0, 0.05) is 13.1 Å². The van der Waals surface area contributed by atoms with Crippen LogP contribution >= 0.6 is 0 Å². The zero-order chi connectivity index (χ0) is 12.7. The van der Waals surface area contributed by atoms with Crippen LogP contribution in [0.4, 0.5) is 0 Å². The highest BCUT2D eigenvalue weighted by Gasteiger charge is 2.23. The van der Waals surface area contributed by atoms with E-state index in [1.807, 2.05) is 0 Å². The lowest BCUT2D eigenvalue weighted by Crippen LogP contribution is -2.43. The van der Waals surface area contributed by atoms with Crippen LogP contribution in [0.5, 0.6) is 0 Å². The van der Waals surface area contributed by atoms with E-state index in [9.17, 15) is 9.59 Å². The molecule has 0 saturated carbocycles. The maximum atomic E-state index is 11.8. The molecule has 0 aromatic heterocycles. The molecule has 0 radical (unpaired) electrons. The summed E-state index contributed by atoms with van der Waals surface area (Å²) in [5, 5.41) is 2.98. The number of hydrogen-bond donors (Lipinski definition) is 2. The van der Waals surface area contributed by atoms with E-state index in [1.54, 1.807) is 20.8 Å². The quantitative estimate of drug-likeness (QED) is 0.607. The van der Waals surface area contributed by atoms with Crippen molar-refractivity contribution >= 4 is 11.6 Å². The molecule has 0 saturated heterocycles. The number of ketones is 2. The molecule has 5 nitrogen and oxygen atoms in total. The summed E-state index contributed by atoms with van der Waals surface area (Å²) in [5.74, 6) is -0.149. The van der Waals surface area contributed by atoms with E-state index in [1.165, 1.54) is 6.92 Å². The van der Waals surface area contributed by atoms with E-state index in [2.05, 4.69) is 5.32 Å². The largest absolute Gasteiger partial charge is 0.360 e. The zero-order valence-corrected chi connectivity index (χ0v) is 10.4. The van der Waals surface area contributed by atoms with Crippen LogP contribution in [0.1, 0.15) is 27.7 Å². The molecule has 0 spiro atoms. The maximum Gasteiger partial charge on any atom is 0.177 e. The molecule has 94 valence electrons. The lowest BCUT2D eigenvalue weighted by molar-refractivity contribution is -0.140. The third kappa shape index (κ3) is 5.34. The summed E-state index contributed by atoms with van der Waals surface area (Å²) in [4.78, 5) is 22.7. The van der Waals surface area contributed by atoms with E-state index in [0.717, 1.165) is 0 Å². The van der Waals surface area contributed by atoms with Crippen LogP contribution in [0.25, 0.3) is 0 Å². The minimum atomic E-state index is -0.584. The number of nitrogens with two attached hydrogens (primary N) is 1. The Morgan fingerprint density at radius 2 is 1.81 bits per heavy atom. The van der Waals surface area contributed by atoms with Gasteiger partial charge in [-0.1, -0.05) is 0 Å². The van der Waals surface area contributed by atoms with Gasteiger partial charge in [0.25, 0.3) is 0 Å². The minimum absolute atomic E-state index is 0.0680. The van der Waals surface area contributed by atoms with Gasteiger partial charge in [-0.05, 0) is 27.7 Å². The van der Waals surface area contributed by atoms with Crippen molar-refractivity contribution in [3.8, 4) is 0 Å². The van der Waals surface area contributed by atoms with Gasteiger partial charge in [0.05, 0.1) is 6.04 Å². The lowest BCUT2D eigenvalue weighted by Gasteiger charge is -2.20. The van der Waals surface area contributed by atoms with Crippen LogP contribution in [-0.2, 0) is 14.3 Å². The second-order valence-electron chi connectivity index (χ2n) is 3.90. The van der Waals surface area contributed by atoms with Crippen molar-refractivity contribution in [3.05, 3.63) is 0 Å². The molecular weight excluding hydrogens is 208 g/mol. The van der Waals surface area contributed by atoms with E-state index >= 15 is 0 Å². The molecule has 0 aliphatic rings. The Morgan fingerprint density at radius 3 is 2.25 bits per heavy atom. The van der Waals surface area contributed by atoms with Gasteiger partial charge < -0.3 is 15.8 Å². The molecule has 0 amide bonds. The molecule has 0 aromatic carbocycles. The van der Waals surface area contributed by atoms with Crippen molar-refractivity contribution in [1.29, 1.82) is 0 Å². The van der Waals surface area contributed by atoms with Crippen LogP contribution < -0.4 is 11.1 Å². The Bertz CT molecular complexity index is 243. The molecule has 0 fully saturated rings. The predicted octanol–water partition coefficient (Wildman–Crippen LogP) is -0.125. The first-order chi connectivity index (χ1) is 7.40. The summed E-state index contributed by atoms with van der Waals surface area (Å²) in [6.07, 6.45) is -1.13. The van der Waals surface area contributed by atoms with E-state index in [4.69, 9.17) is 10.5 Å². The Morgan fingerprint density at radius 1 is 1.25 bits per heavy atom. The third-order valence-corrected chi connectivity index (χ3v) is 2.40. The van der Waals surface area contributed by atoms with Gasteiger partial charge in [0.2, 0.25) is 0 Å². The van der Waals surface area contributed by atoms with Gasteiger partial charge in [0.1, 0.15) is 12.2 Å². The molecule has 0 rings (SSSR count). The van der Waals surface area contributed by atoms with Crippen molar-refractivity contribution in [2.24, 2.45) is 5.73 Å². The van der Waals surface area contributed by atoms with E-state index < -0.39 is 12.2 Å². The number of hydrogen-bond acceptors (Lipinski definition) is 5. The second-order valence-corrected chi connectivity index (χ2v) is 3.90. The summed E-state index contributed by atoms with van der Waals surface area (Å²) in [5.41, 5.74) is 5.32. The first-order valence-electron chi connectivity index (χ1n) is 5.53. The number of Topliss-reactive ketones (excluding diaryl/α,β-unsaturated/α-hetero) is 2. The number of carbonyl (C=O) groups is 2. The molecule has 5 heteroatoms. The molecule has 3 N–H and O–H groups in total. The van der Waals surface area contributed by atoms with Crippen molar-refractivity contribution < 1.29 is 14.3 Å². The minimum Gasteiger partial charge on any atom is -0.360 e. The third-order valence-electron chi connectivity index (χ3n) is 2.40. The number of carbonyl (C=O) groups excluding carboxylic acids is 2. The van der Waals surface area contributed by atoms with Gasteiger partial charge >= 0.3 is 0 Å². The molecule has 3 atom stereocenters. The normalized spacial score (nSPS) is 16.6. The van der Waals surface area contributed by atoms with Crippen molar-refractivity contribution in [2.45, 2.75) is 45.9 Å². The first-order valence-corrected chi connectivity index (χ1v) is 5.53. The number of nitrogens with one attached hydrogen (secondary N) is 1. The molecule has 2 unspecified atom stereocenters. The molecule has 16 heavy (non-hydrogen) atoms. The van der Waals surface area contributed by atoms with Gasteiger partial charge in [-0.15, -0.1) is 0 Å². The van der Waals surface area contributed by atoms with Gasteiger partial charge in [0.15, 0.2) is 11.6 Å². The summed E-state index contributed by atoms with van der Waals surface area (Å²) in [6, 6.07) is -0.308. The molecule has 0 aromatic rings. The van der Waals surface area contributed by atoms with Gasteiger partial charge in [-0.3, -0.25) is 9.59 Å². The molecule has 0 heterocycles. The topological polar surface area (TPSA) is 81.4 Å². The summed E-state index contributed by atoms with van der Waals surface area (Å²) in [6.45, 7) is 7.57. The summed E-state index contributed by atoms with van der Waals surface area (Å²) < 4.78 is 5.30. The molecule has 0 aliphatic heterocycles. The monoisotopic (exact) mass is 230 g/mol. The maximum absolute atomic E-state index is 11.8. The Labute approximate surface area is 96.7 Å². The smallest absolute Gasteiger partial charge is 0.177 e. The van der Waals surface area contributed by atoms with Crippen molar-refractivity contribution in [3.63, 3.8) is 0 Å². The van der Waals surface area contributed by atoms with E-state index in [0.29, 0.717) is 13.1 Å². The fraction of sp³-hybridized carbons (Fsp3) is 0.818. The molecular formula is C11H22N2O3. The summed E-state index contributed by atoms with van der Waals surface area (Å²) >= 11 is 0. The van der Waals surface area contributed by atoms with Crippen LogP contribution in [0.15, 0.2) is 0 Å². The fourth-order valence-electron chi connectivity index (χ4n) is 1.22. The molecule has 0 bridgehead atoms. The van der Waals surface area contributed by atoms with E-state index in [-0.39, 0.29) is 17.6 Å². The number of ether oxygens (including phenoxy) is 1. The highest BCUT2D eigenvalue weighted by atomic mass is 16.5. The molecule has 0 aliphatic carbocycles. The zero-order valence-electron chi connectivity index (χ0n) is 10.4. The first kappa shape index (κ1) is 15.2. The van der Waals surface area contributed by atoms with Crippen LogP contribution in [-0.4, -0.2) is 42.9 Å².